The molecule has 0 saturated heterocycles. The Labute approximate surface area is 214 Å². The molecule has 1 atom stereocenters. The molecule has 0 bridgehead atoms. The summed E-state index contributed by atoms with van der Waals surface area (Å²) in [6, 6.07) is 21.9. The SMILES string of the molecule is CCCCCCCCCOc1ccc(-c2ccc(C(C)c3ccc(CCCCC)cn3)cc2)cc1. The monoisotopic (exact) mass is 471 g/mol. The number of aryl methyl sites for hydroxylation is 1. The minimum absolute atomic E-state index is 0.288. The smallest absolute Gasteiger partial charge is 0.119 e. The topological polar surface area (TPSA) is 22.1 Å². The van der Waals surface area contributed by atoms with Crippen LogP contribution in [0.25, 0.3) is 11.1 Å². The van der Waals surface area contributed by atoms with Gasteiger partial charge < -0.3 is 4.74 Å². The number of unbranched alkanes of at least 4 members (excludes halogenated alkanes) is 8. The highest BCUT2D eigenvalue weighted by atomic mass is 16.5. The molecule has 0 fully saturated rings. The van der Waals surface area contributed by atoms with Crippen molar-refractivity contribution < 1.29 is 4.74 Å². The van der Waals surface area contributed by atoms with E-state index in [1.54, 1.807) is 0 Å². The maximum Gasteiger partial charge on any atom is 0.119 e. The van der Waals surface area contributed by atoms with Gasteiger partial charge in [0.05, 0.1) is 6.61 Å². The van der Waals surface area contributed by atoms with E-state index < -0.39 is 0 Å². The molecular formula is C33H45NO. The minimum atomic E-state index is 0.288. The predicted octanol–water partition coefficient (Wildman–Crippen LogP) is 9.76. The molecule has 3 rings (SSSR count). The average molecular weight is 472 g/mol. The normalized spacial score (nSPS) is 12.0. The molecule has 3 aromatic rings. The number of hydrogen-bond donors (Lipinski definition) is 0. The number of hydrogen-bond acceptors (Lipinski definition) is 2. The quantitative estimate of drug-likeness (QED) is 0.194. The molecule has 2 aromatic carbocycles. The van der Waals surface area contributed by atoms with Crippen molar-refractivity contribution >= 4 is 0 Å². The average Bonchev–Trinajstić information content (AvgIpc) is 2.91. The number of aromatic nitrogens is 1. The highest BCUT2D eigenvalue weighted by Crippen LogP contribution is 2.27. The first-order valence-corrected chi connectivity index (χ1v) is 14.0. The van der Waals surface area contributed by atoms with Crippen LogP contribution in [0.2, 0.25) is 0 Å². The third-order valence-electron chi connectivity index (χ3n) is 6.98. The molecule has 0 radical (unpaired) electrons. The van der Waals surface area contributed by atoms with Gasteiger partial charge in [0.2, 0.25) is 0 Å². The summed E-state index contributed by atoms with van der Waals surface area (Å²) in [5, 5.41) is 0. The fourth-order valence-electron chi connectivity index (χ4n) is 4.55. The third kappa shape index (κ3) is 9.17. The van der Waals surface area contributed by atoms with E-state index in [1.165, 1.54) is 80.0 Å². The number of benzene rings is 2. The number of nitrogens with zero attached hydrogens (tertiary/aromatic N) is 1. The summed E-state index contributed by atoms with van der Waals surface area (Å²) in [6.07, 6.45) is 16.2. The highest BCUT2D eigenvalue weighted by Gasteiger charge is 2.10. The molecule has 1 aromatic heterocycles. The minimum Gasteiger partial charge on any atom is -0.494 e. The predicted molar refractivity (Wildman–Crippen MR) is 150 cm³/mol. The summed E-state index contributed by atoms with van der Waals surface area (Å²) in [4.78, 5) is 4.76. The van der Waals surface area contributed by atoms with Crippen molar-refractivity contribution in [3.05, 3.63) is 83.7 Å². The molecule has 0 aliphatic heterocycles. The zero-order valence-electron chi connectivity index (χ0n) is 22.3. The summed E-state index contributed by atoms with van der Waals surface area (Å²) < 4.78 is 5.95. The van der Waals surface area contributed by atoms with Gasteiger partial charge in [-0.15, -0.1) is 0 Å². The highest BCUT2D eigenvalue weighted by molar-refractivity contribution is 5.64. The second-order valence-electron chi connectivity index (χ2n) is 9.89. The van der Waals surface area contributed by atoms with Gasteiger partial charge in [-0.1, -0.05) is 115 Å². The van der Waals surface area contributed by atoms with Gasteiger partial charge in [0.25, 0.3) is 0 Å². The molecule has 1 unspecified atom stereocenters. The van der Waals surface area contributed by atoms with Gasteiger partial charge >= 0.3 is 0 Å². The lowest BCUT2D eigenvalue weighted by Gasteiger charge is -2.13. The molecule has 0 aliphatic rings. The first-order chi connectivity index (χ1) is 17.2. The molecule has 0 saturated carbocycles. The molecule has 2 heteroatoms. The summed E-state index contributed by atoms with van der Waals surface area (Å²) in [5.41, 5.74) is 6.24. The lowest BCUT2D eigenvalue weighted by atomic mass is 9.94. The largest absolute Gasteiger partial charge is 0.494 e. The Balaban J connectivity index is 1.46. The number of rotatable bonds is 16. The maximum atomic E-state index is 5.95. The summed E-state index contributed by atoms with van der Waals surface area (Å²) in [5.74, 6) is 1.25. The van der Waals surface area contributed by atoms with Crippen LogP contribution < -0.4 is 4.74 Å². The third-order valence-corrected chi connectivity index (χ3v) is 6.98. The van der Waals surface area contributed by atoms with Gasteiger partial charge in [-0.2, -0.15) is 0 Å². The van der Waals surface area contributed by atoms with E-state index in [1.807, 2.05) is 0 Å². The van der Waals surface area contributed by atoms with Crippen LogP contribution in [-0.4, -0.2) is 11.6 Å². The Morgan fingerprint density at radius 3 is 1.89 bits per heavy atom. The van der Waals surface area contributed by atoms with Crippen molar-refractivity contribution in [1.82, 2.24) is 4.98 Å². The summed E-state index contributed by atoms with van der Waals surface area (Å²) in [6.45, 7) is 7.57. The van der Waals surface area contributed by atoms with Crippen LogP contribution in [0.15, 0.2) is 66.9 Å². The summed E-state index contributed by atoms with van der Waals surface area (Å²) >= 11 is 0. The van der Waals surface area contributed by atoms with E-state index in [4.69, 9.17) is 9.72 Å². The molecule has 1 heterocycles. The zero-order chi connectivity index (χ0) is 24.7. The molecule has 188 valence electrons. The Bertz CT molecular complexity index is 944. The molecule has 0 amide bonds. The number of pyridine rings is 1. The molecule has 35 heavy (non-hydrogen) atoms. The van der Waals surface area contributed by atoms with Crippen LogP contribution in [0, 0.1) is 0 Å². The molecule has 2 nitrogen and oxygen atoms in total. The van der Waals surface area contributed by atoms with E-state index in [9.17, 15) is 0 Å². The fraction of sp³-hybridized carbons (Fsp3) is 0.485. The van der Waals surface area contributed by atoms with Gasteiger partial charge in [-0.25, -0.2) is 0 Å². The van der Waals surface area contributed by atoms with Crippen LogP contribution in [-0.2, 0) is 6.42 Å². The summed E-state index contributed by atoms with van der Waals surface area (Å²) in [7, 11) is 0. The van der Waals surface area contributed by atoms with Crippen molar-refractivity contribution in [2.75, 3.05) is 6.61 Å². The van der Waals surface area contributed by atoms with Gasteiger partial charge in [-0.3, -0.25) is 4.98 Å². The van der Waals surface area contributed by atoms with E-state index in [0.29, 0.717) is 0 Å². The zero-order valence-corrected chi connectivity index (χ0v) is 22.3. The van der Waals surface area contributed by atoms with Crippen LogP contribution in [0.1, 0.15) is 108 Å². The first-order valence-electron chi connectivity index (χ1n) is 14.0. The van der Waals surface area contributed by atoms with Gasteiger partial charge in [0.1, 0.15) is 5.75 Å². The van der Waals surface area contributed by atoms with Gasteiger partial charge in [0.15, 0.2) is 0 Å². The van der Waals surface area contributed by atoms with E-state index in [-0.39, 0.29) is 5.92 Å². The van der Waals surface area contributed by atoms with Crippen LogP contribution >= 0.6 is 0 Å². The maximum absolute atomic E-state index is 5.95. The first kappa shape index (κ1) is 27.0. The van der Waals surface area contributed by atoms with Crippen molar-refractivity contribution in [2.45, 2.75) is 97.3 Å². The number of ether oxygens (including phenoxy) is 1. The fourth-order valence-corrected chi connectivity index (χ4v) is 4.55. The molecule has 0 aliphatic carbocycles. The van der Waals surface area contributed by atoms with E-state index in [0.717, 1.165) is 30.9 Å². The Kier molecular flexibility index (Phi) is 11.9. The lowest BCUT2D eigenvalue weighted by Crippen LogP contribution is -2.00. The second kappa shape index (κ2) is 15.4. The van der Waals surface area contributed by atoms with Gasteiger partial charge in [0, 0.05) is 17.8 Å². The second-order valence-corrected chi connectivity index (χ2v) is 9.89. The van der Waals surface area contributed by atoms with Crippen LogP contribution in [0.4, 0.5) is 0 Å². The Morgan fingerprint density at radius 2 is 1.26 bits per heavy atom. The van der Waals surface area contributed by atoms with Crippen molar-refractivity contribution in [3.63, 3.8) is 0 Å². The molecule has 0 spiro atoms. The molecule has 0 N–H and O–H groups in total. The van der Waals surface area contributed by atoms with Crippen molar-refractivity contribution in [1.29, 1.82) is 0 Å². The van der Waals surface area contributed by atoms with Crippen LogP contribution in [0.3, 0.4) is 0 Å². The standard InChI is InChI=1S/C33H45NO/c1-4-6-8-9-10-11-13-25-35-32-22-20-31(21-23-32)30-18-16-29(17-19-30)27(3)33-24-15-28(26-34-33)14-12-7-5-2/h15-24,26-27H,4-14,25H2,1-3H3. The van der Waals surface area contributed by atoms with Gasteiger partial charge in [-0.05, 0) is 59.7 Å². The van der Waals surface area contributed by atoms with Crippen LogP contribution in [0.5, 0.6) is 5.75 Å². The van der Waals surface area contributed by atoms with Crippen molar-refractivity contribution in [2.24, 2.45) is 0 Å². The Morgan fingerprint density at radius 1 is 0.657 bits per heavy atom. The molecular weight excluding hydrogens is 426 g/mol. The van der Waals surface area contributed by atoms with E-state index >= 15 is 0 Å². The van der Waals surface area contributed by atoms with Crippen molar-refractivity contribution in [3.8, 4) is 16.9 Å². The Hall–Kier alpha value is -2.61. The van der Waals surface area contributed by atoms with E-state index in [2.05, 4.69) is 87.6 Å². The lowest BCUT2D eigenvalue weighted by molar-refractivity contribution is 0.304.